The molecule has 4 nitrogen and oxygen atoms in total. The molecule has 0 saturated carbocycles. The normalized spacial score (nSPS) is 20.2. The Balaban J connectivity index is 1.89. The third kappa shape index (κ3) is 2.22. The van der Waals surface area contributed by atoms with Crippen LogP contribution in [-0.2, 0) is 11.2 Å². The van der Waals surface area contributed by atoms with Crippen molar-refractivity contribution in [3.8, 4) is 0 Å². The van der Waals surface area contributed by atoms with Gasteiger partial charge in [0.2, 0.25) is 11.4 Å². The van der Waals surface area contributed by atoms with Gasteiger partial charge in [0.15, 0.2) is 0 Å². The number of carbonyl (C=O) groups is 2. The lowest BCUT2D eigenvalue weighted by Gasteiger charge is -2.20. The van der Waals surface area contributed by atoms with E-state index in [0.29, 0.717) is 21.8 Å². The molecule has 106 valence electrons. The van der Waals surface area contributed by atoms with Crippen molar-refractivity contribution in [3.05, 3.63) is 64.7 Å². The zero-order valence-electron chi connectivity index (χ0n) is 11.0. The Kier molecular flexibility index (Phi) is 3.27. The summed E-state index contributed by atoms with van der Waals surface area (Å²) in [5.41, 5.74) is -0.668. The molecule has 5 heteroatoms. The first kappa shape index (κ1) is 13.8. The van der Waals surface area contributed by atoms with Crippen molar-refractivity contribution >= 4 is 29.0 Å². The number of rotatable bonds is 2. The maximum absolute atomic E-state index is 12.3. The van der Waals surface area contributed by atoms with Crippen LogP contribution in [0.25, 0.3) is 0 Å². The second-order valence-electron chi connectivity index (χ2n) is 4.96. The zero-order chi connectivity index (χ0) is 15.0. The van der Waals surface area contributed by atoms with Crippen LogP contribution >= 0.6 is 11.6 Å². The van der Waals surface area contributed by atoms with Crippen LogP contribution in [0, 0.1) is 0 Å². The van der Waals surface area contributed by atoms with Crippen molar-refractivity contribution in [2.45, 2.75) is 12.0 Å². The van der Waals surface area contributed by atoms with Crippen molar-refractivity contribution in [2.75, 3.05) is 5.32 Å². The van der Waals surface area contributed by atoms with E-state index in [4.69, 9.17) is 11.6 Å². The molecule has 1 aliphatic rings. The van der Waals surface area contributed by atoms with Gasteiger partial charge < -0.3 is 10.4 Å². The molecule has 2 N–H and O–H groups in total. The van der Waals surface area contributed by atoms with Crippen molar-refractivity contribution in [2.24, 2.45) is 0 Å². The lowest BCUT2D eigenvalue weighted by Crippen LogP contribution is -2.48. The van der Waals surface area contributed by atoms with E-state index in [0.717, 1.165) is 0 Å². The summed E-state index contributed by atoms with van der Waals surface area (Å²) in [5, 5.41) is 13.4. The first-order chi connectivity index (χ1) is 10.0. The summed E-state index contributed by atoms with van der Waals surface area (Å²) in [7, 11) is 0. The molecule has 3 rings (SSSR count). The van der Waals surface area contributed by atoms with Crippen LogP contribution in [-0.4, -0.2) is 22.4 Å². The molecule has 1 aliphatic carbocycles. The lowest BCUT2D eigenvalue weighted by atomic mass is 9.98. The Morgan fingerprint density at radius 3 is 2.52 bits per heavy atom. The molecular weight excluding hydrogens is 290 g/mol. The molecule has 0 fully saturated rings. The number of fused-ring (bicyclic) bond motifs is 1. The van der Waals surface area contributed by atoms with Gasteiger partial charge in [0.25, 0.3) is 5.91 Å². The quantitative estimate of drug-likeness (QED) is 0.837. The Bertz CT molecular complexity index is 744. The highest BCUT2D eigenvalue weighted by molar-refractivity contribution is 6.34. The molecule has 0 bridgehead atoms. The summed E-state index contributed by atoms with van der Waals surface area (Å²) in [6.07, 6.45) is -0.0295. The minimum absolute atomic E-state index is 0.0295. The number of halogens is 1. The molecule has 2 aromatic carbocycles. The van der Waals surface area contributed by atoms with Crippen molar-refractivity contribution in [3.63, 3.8) is 0 Å². The van der Waals surface area contributed by atoms with Crippen LogP contribution in [0.2, 0.25) is 5.02 Å². The molecular formula is C16H12ClNO3. The number of para-hydroxylation sites is 1. The minimum Gasteiger partial charge on any atom is -0.373 e. The molecule has 0 aromatic heterocycles. The van der Waals surface area contributed by atoms with Crippen LogP contribution in [0.3, 0.4) is 0 Å². The molecule has 2 aromatic rings. The molecule has 21 heavy (non-hydrogen) atoms. The highest BCUT2D eigenvalue weighted by Crippen LogP contribution is 2.31. The Morgan fingerprint density at radius 1 is 1.14 bits per heavy atom. The van der Waals surface area contributed by atoms with Crippen LogP contribution in [0.1, 0.15) is 15.9 Å². The van der Waals surface area contributed by atoms with Gasteiger partial charge in [-0.1, -0.05) is 48.0 Å². The van der Waals surface area contributed by atoms with Gasteiger partial charge in [-0.2, -0.15) is 0 Å². The van der Waals surface area contributed by atoms with E-state index in [1.54, 1.807) is 48.5 Å². The number of aliphatic hydroxyl groups is 1. The van der Waals surface area contributed by atoms with Crippen LogP contribution < -0.4 is 5.32 Å². The fourth-order valence-electron chi connectivity index (χ4n) is 2.45. The lowest BCUT2D eigenvalue weighted by molar-refractivity contribution is -0.129. The number of nitrogens with one attached hydrogen (secondary N) is 1. The highest BCUT2D eigenvalue weighted by atomic mass is 35.5. The molecule has 0 heterocycles. The molecule has 0 spiro atoms. The predicted molar refractivity (Wildman–Crippen MR) is 79.5 cm³/mol. The van der Waals surface area contributed by atoms with Gasteiger partial charge in [0.1, 0.15) is 0 Å². The predicted octanol–water partition coefficient (Wildman–Crippen LogP) is 2.45. The topological polar surface area (TPSA) is 66.4 Å². The van der Waals surface area contributed by atoms with E-state index >= 15 is 0 Å². The Hall–Kier alpha value is -2.17. The number of Topliss-reactive ketones (excluding diaryl/α,β-unsaturated/α-hetero) is 1. The number of ketones is 1. The van der Waals surface area contributed by atoms with E-state index in [1.807, 2.05) is 0 Å². The fraction of sp³-hybridized carbons (Fsp3) is 0.125. The second kappa shape index (κ2) is 4.98. The molecule has 0 saturated heterocycles. The third-order valence-corrected chi connectivity index (χ3v) is 3.91. The van der Waals surface area contributed by atoms with Gasteiger partial charge in [-0.3, -0.25) is 9.59 Å². The fourth-order valence-corrected chi connectivity index (χ4v) is 2.63. The average Bonchev–Trinajstić information content (AvgIpc) is 2.75. The minimum atomic E-state index is -2.08. The summed E-state index contributed by atoms with van der Waals surface area (Å²) in [6.45, 7) is 0. The summed E-state index contributed by atoms with van der Waals surface area (Å²) < 4.78 is 0. The van der Waals surface area contributed by atoms with Gasteiger partial charge in [-0.25, -0.2) is 0 Å². The molecule has 1 amide bonds. The maximum Gasteiger partial charge on any atom is 0.264 e. The third-order valence-electron chi connectivity index (χ3n) is 3.58. The summed E-state index contributed by atoms with van der Waals surface area (Å²) in [5.74, 6) is -1.35. The van der Waals surface area contributed by atoms with Gasteiger partial charge in [-0.05, 0) is 17.7 Å². The SMILES string of the molecule is O=C(Nc1ccccc1Cl)[C@]1(O)Cc2ccccc2C1=O. The molecule has 0 unspecified atom stereocenters. The number of carbonyl (C=O) groups excluding carboxylic acids is 2. The molecule has 0 aliphatic heterocycles. The monoisotopic (exact) mass is 301 g/mol. The van der Waals surface area contributed by atoms with Crippen LogP contribution in [0.5, 0.6) is 0 Å². The van der Waals surface area contributed by atoms with E-state index < -0.39 is 17.3 Å². The van der Waals surface area contributed by atoms with E-state index in [-0.39, 0.29) is 6.42 Å². The number of hydrogen-bond donors (Lipinski definition) is 2. The first-order valence-corrected chi connectivity index (χ1v) is 6.81. The van der Waals surface area contributed by atoms with Crippen LogP contribution in [0.4, 0.5) is 5.69 Å². The van der Waals surface area contributed by atoms with E-state index in [9.17, 15) is 14.7 Å². The average molecular weight is 302 g/mol. The largest absolute Gasteiger partial charge is 0.373 e. The van der Waals surface area contributed by atoms with Gasteiger partial charge in [-0.15, -0.1) is 0 Å². The van der Waals surface area contributed by atoms with Gasteiger partial charge in [0.05, 0.1) is 10.7 Å². The summed E-state index contributed by atoms with van der Waals surface area (Å²) >= 11 is 5.96. The van der Waals surface area contributed by atoms with E-state index in [2.05, 4.69) is 5.32 Å². The highest BCUT2D eigenvalue weighted by Gasteiger charge is 2.50. The number of benzene rings is 2. The molecule has 0 radical (unpaired) electrons. The van der Waals surface area contributed by atoms with E-state index in [1.165, 1.54) is 0 Å². The van der Waals surface area contributed by atoms with Gasteiger partial charge >= 0.3 is 0 Å². The smallest absolute Gasteiger partial charge is 0.264 e. The summed E-state index contributed by atoms with van der Waals surface area (Å²) in [4.78, 5) is 24.6. The van der Waals surface area contributed by atoms with Crippen molar-refractivity contribution < 1.29 is 14.7 Å². The number of anilines is 1. The van der Waals surface area contributed by atoms with Gasteiger partial charge in [0, 0.05) is 12.0 Å². The Labute approximate surface area is 126 Å². The standard InChI is InChI=1S/C16H12ClNO3/c17-12-7-3-4-8-13(12)18-15(20)16(21)9-10-5-1-2-6-11(10)14(16)19/h1-8,21H,9H2,(H,18,20)/t16-/m0/s1. The maximum atomic E-state index is 12.3. The number of amides is 1. The first-order valence-electron chi connectivity index (χ1n) is 6.43. The summed E-state index contributed by atoms with van der Waals surface area (Å²) in [6, 6.07) is 13.5. The number of hydrogen-bond acceptors (Lipinski definition) is 3. The Morgan fingerprint density at radius 2 is 1.81 bits per heavy atom. The van der Waals surface area contributed by atoms with Crippen molar-refractivity contribution in [1.82, 2.24) is 0 Å². The second-order valence-corrected chi connectivity index (χ2v) is 5.36. The van der Waals surface area contributed by atoms with Crippen molar-refractivity contribution in [1.29, 1.82) is 0 Å². The molecule has 1 atom stereocenters. The van der Waals surface area contributed by atoms with Crippen LogP contribution in [0.15, 0.2) is 48.5 Å². The zero-order valence-corrected chi connectivity index (χ0v) is 11.7.